The summed E-state index contributed by atoms with van der Waals surface area (Å²) in [5, 5.41) is 11.4. The Morgan fingerprint density at radius 1 is 0.810 bits per heavy atom. The zero-order valence-electron chi connectivity index (χ0n) is 15.0. The molecule has 1 atom stereocenters. The van der Waals surface area contributed by atoms with Crippen molar-refractivity contribution in [2.45, 2.75) is 109 Å². The van der Waals surface area contributed by atoms with Gasteiger partial charge in [-0.15, -0.1) is 0 Å². The fourth-order valence-electron chi connectivity index (χ4n) is 4.36. The van der Waals surface area contributed by atoms with Crippen molar-refractivity contribution >= 4 is 18.4 Å². The predicted octanol–water partition coefficient (Wildman–Crippen LogP) is 6.32. The summed E-state index contributed by atoms with van der Waals surface area (Å²) < 4.78 is 4.55. The Bertz CT molecular complexity index is 226. The zero-order chi connectivity index (χ0) is 15.6. The first-order valence-corrected chi connectivity index (χ1v) is 17.6. The van der Waals surface area contributed by atoms with E-state index < -0.39 is 18.4 Å². The summed E-state index contributed by atoms with van der Waals surface area (Å²) in [5.41, 5.74) is 0. The van der Waals surface area contributed by atoms with Crippen LogP contribution in [-0.2, 0) is 0 Å². The van der Waals surface area contributed by atoms with E-state index in [4.69, 9.17) is 0 Å². The van der Waals surface area contributed by atoms with E-state index in [0.29, 0.717) is 5.92 Å². The van der Waals surface area contributed by atoms with Gasteiger partial charge in [-0.3, -0.25) is 0 Å². The third-order valence-corrected chi connectivity index (χ3v) is 22.3. The van der Waals surface area contributed by atoms with Gasteiger partial charge in [-0.05, 0) is 0 Å². The summed E-state index contributed by atoms with van der Waals surface area (Å²) >= 11 is -2.37. The van der Waals surface area contributed by atoms with E-state index in [1.807, 2.05) is 0 Å². The molecule has 126 valence electrons. The molecule has 1 aliphatic rings. The van der Waals surface area contributed by atoms with Gasteiger partial charge in [0.15, 0.2) is 0 Å². The monoisotopic (exact) mass is 404 g/mol. The Morgan fingerprint density at radius 3 is 1.62 bits per heavy atom. The SMILES string of the molecule is CCC[CH2][Sn]([CH2]CCC)([CH2]CCC)[CH](O)C1CCCCC1. The van der Waals surface area contributed by atoms with E-state index in [2.05, 4.69) is 20.8 Å². The Labute approximate surface area is 138 Å². The van der Waals surface area contributed by atoms with Gasteiger partial charge >= 0.3 is 138 Å². The van der Waals surface area contributed by atoms with Gasteiger partial charge in [0.2, 0.25) is 0 Å². The van der Waals surface area contributed by atoms with Crippen LogP contribution in [0.15, 0.2) is 0 Å². The molecule has 0 spiro atoms. The van der Waals surface area contributed by atoms with Crippen LogP contribution in [0.25, 0.3) is 0 Å². The molecule has 2 heteroatoms. The van der Waals surface area contributed by atoms with Crippen molar-refractivity contribution in [1.82, 2.24) is 0 Å². The van der Waals surface area contributed by atoms with Crippen LogP contribution in [0, 0.1) is 5.92 Å². The minimum atomic E-state index is -2.37. The molecule has 21 heavy (non-hydrogen) atoms. The topological polar surface area (TPSA) is 20.2 Å². The number of hydrogen-bond donors (Lipinski definition) is 1. The summed E-state index contributed by atoms with van der Waals surface area (Å²) in [6, 6.07) is 0. The van der Waals surface area contributed by atoms with Gasteiger partial charge in [0.05, 0.1) is 0 Å². The molecule has 0 bridgehead atoms. The molecule has 1 nitrogen and oxygen atoms in total. The molecule has 0 aromatic carbocycles. The van der Waals surface area contributed by atoms with E-state index in [1.54, 1.807) is 0 Å². The maximum atomic E-state index is 11.4. The molecule has 1 N–H and O–H groups in total. The molecular formula is C19H40OSn. The van der Waals surface area contributed by atoms with Crippen LogP contribution in [0.3, 0.4) is 0 Å². The van der Waals surface area contributed by atoms with E-state index in [0.717, 1.165) is 0 Å². The third kappa shape index (κ3) is 6.41. The first-order valence-electron chi connectivity index (χ1n) is 9.88. The molecule has 0 aromatic rings. The molecule has 0 radical (unpaired) electrons. The average Bonchev–Trinajstić information content (AvgIpc) is 2.55. The van der Waals surface area contributed by atoms with Gasteiger partial charge < -0.3 is 0 Å². The maximum absolute atomic E-state index is 11.4. The number of rotatable bonds is 11. The standard InChI is InChI=1S/C7H13O.3C4H9.Sn/c8-6-7-4-2-1-3-5-7;3*1-3-4-2;/h6-8H,1-5H2;3*1,3-4H2,2H3;. The van der Waals surface area contributed by atoms with Crippen LogP contribution < -0.4 is 0 Å². The van der Waals surface area contributed by atoms with E-state index in [-0.39, 0.29) is 4.12 Å². The van der Waals surface area contributed by atoms with Crippen molar-refractivity contribution in [1.29, 1.82) is 0 Å². The van der Waals surface area contributed by atoms with Crippen LogP contribution in [0.5, 0.6) is 0 Å². The van der Waals surface area contributed by atoms with Crippen molar-refractivity contribution in [2.75, 3.05) is 0 Å². The van der Waals surface area contributed by atoms with E-state index >= 15 is 0 Å². The quantitative estimate of drug-likeness (QED) is 0.401. The van der Waals surface area contributed by atoms with Gasteiger partial charge in [0, 0.05) is 0 Å². The van der Waals surface area contributed by atoms with Crippen LogP contribution in [0.4, 0.5) is 0 Å². The fraction of sp³-hybridized carbons (Fsp3) is 1.00. The van der Waals surface area contributed by atoms with Gasteiger partial charge in [-0.25, -0.2) is 0 Å². The Balaban J connectivity index is 2.81. The van der Waals surface area contributed by atoms with Crippen LogP contribution >= 0.6 is 0 Å². The second kappa shape index (κ2) is 11.3. The fourth-order valence-corrected chi connectivity index (χ4v) is 21.9. The summed E-state index contributed by atoms with van der Waals surface area (Å²) in [6.07, 6.45) is 14.9. The molecule has 0 saturated heterocycles. The molecule has 1 fully saturated rings. The van der Waals surface area contributed by atoms with Crippen LogP contribution in [0.2, 0.25) is 13.3 Å². The summed E-state index contributed by atoms with van der Waals surface area (Å²) in [5.74, 6) is 0.681. The average molecular weight is 403 g/mol. The van der Waals surface area contributed by atoms with Crippen molar-refractivity contribution in [3.05, 3.63) is 0 Å². The van der Waals surface area contributed by atoms with Gasteiger partial charge in [-0.1, -0.05) is 0 Å². The van der Waals surface area contributed by atoms with Crippen molar-refractivity contribution in [3.63, 3.8) is 0 Å². The Morgan fingerprint density at radius 2 is 1.24 bits per heavy atom. The summed E-state index contributed by atoms with van der Waals surface area (Å²) in [6.45, 7) is 6.97. The first-order chi connectivity index (χ1) is 10.2. The first kappa shape index (κ1) is 19.8. The Hall–Kier alpha value is 0.759. The zero-order valence-corrected chi connectivity index (χ0v) is 17.9. The van der Waals surface area contributed by atoms with Crippen LogP contribution in [0.1, 0.15) is 91.4 Å². The van der Waals surface area contributed by atoms with Gasteiger partial charge in [-0.2, -0.15) is 0 Å². The predicted molar refractivity (Wildman–Crippen MR) is 97.5 cm³/mol. The van der Waals surface area contributed by atoms with E-state index in [1.165, 1.54) is 83.9 Å². The summed E-state index contributed by atoms with van der Waals surface area (Å²) in [4.78, 5) is 0. The van der Waals surface area contributed by atoms with Crippen molar-refractivity contribution in [3.8, 4) is 0 Å². The third-order valence-electron chi connectivity index (χ3n) is 5.81. The molecule has 0 aromatic heterocycles. The van der Waals surface area contributed by atoms with Crippen LogP contribution in [-0.4, -0.2) is 27.6 Å². The molecule has 1 saturated carbocycles. The number of aliphatic hydroxyl groups is 1. The molecule has 1 rings (SSSR count). The van der Waals surface area contributed by atoms with E-state index in [9.17, 15) is 5.11 Å². The normalized spacial score (nSPS) is 18.9. The van der Waals surface area contributed by atoms with Crippen molar-refractivity contribution in [2.24, 2.45) is 5.92 Å². The van der Waals surface area contributed by atoms with Gasteiger partial charge in [0.25, 0.3) is 0 Å². The Kier molecular flexibility index (Phi) is 10.7. The number of hydrogen-bond acceptors (Lipinski definition) is 1. The minimum absolute atomic E-state index is 0.171. The van der Waals surface area contributed by atoms with Crippen molar-refractivity contribution < 1.29 is 5.11 Å². The molecule has 1 unspecified atom stereocenters. The molecule has 0 aliphatic heterocycles. The van der Waals surface area contributed by atoms with Gasteiger partial charge in [0.1, 0.15) is 0 Å². The second-order valence-corrected chi connectivity index (χ2v) is 21.3. The molecule has 0 heterocycles. The second-order valence-electron chi connectivity index (χ2n) is 7.52. The molecule has 1 aliphatic carbocycles. The number of unbranched alkanes of at least 4 members (excludes halogenated alkanes) is 3. The summed E-state index contributed by atoms with van der Waals surface area (Å²) in [7, 11) is 0. The number of aliphatic hydroxyl groups excluding tert-OH is 1. The molecule has 0 amide bonds. The molecular weight excluding hydrogens is 363 g/mol.